The van der Waals surface area contributed by atoms with Gasteiger partial charge in [0.05, 0.1) is 11.3 Å². The van der Waals surface area contributed by atoms with E-state index in [1.54, 1.807) is 42.6 Å². The first kappa shape index (κ1) is 16.7. The third-order valence-electron chi connectivity index (χ3n) is 3.77. The average molecular weight is 329 g/mol. The molecule has 0 aliphatic carbocycles. The monoisotopic (exact) mass is 329 g/mol. The Hall–Kier alpha value is -3.20. The summed E-state index contributed by atoms with van der Waals surface area (Å²) in [6.45, 7) is 4.04. The number of carbonyl (C=O) groups is 1. The maximum Gasteiger partial charge on any atom is 0.343 e. The summed E-state index contributed by atoms with van der Waals surface area (Å²) in [5.41, 5.74) is 4.65. The van der Waals surface area contributed by atoms with Gasteiger partial charge in [0, 0.05) is 6.21 Å². The topological polar surface area (TPSA) is 38.7 Å². The quantitative estimate of drug-likeness (QED) is 0.371. The van der Waals surface area contributed by atoms with Crippen molar-refractivity contribution >= 4 is 17.9 Å². The maximum absolute atomic E-state index is 12.2. The van der Waals surface area contributed by atoms with Gasteiger partial charge in [-0.25, -0.2) is 4.79 Å². The van der Waals surface area contributed by atoms with Crippen LogP contribution in [-0.4, -0.2) is 12.2 Å². The standard InChI is InChI=1S/C22H19NO2/c1-16-3-7-18(8-4-16)15-23-20-11-9-19(10-12-20)22(24)25-21-13-5-17(2)6-14-21/h3-15H,1-2H3. The van der Waals surface area contributed by atoms with E-state index in [2.05, 4.69) is 11.9 Å². The number of aliphatic imine (C=N–C) groups is 1. The Labute approximate surface area is 147 Å². The lowest BCUT2D eigenvalue weighted by Crippen LogP contribution is -2.07. The van der Waals surface area contributed by atoms with Gasteiger partial charge in [0.25, 0.3) is 0 Å². The minimum Gasteiger partial charge on any atom is -0.423 e. The first-order valence-corrected chi connectivity index (χ1v) is 8.10. The number of ether oxygens (including phenoxy) is 1. The Bertz CT molecular complexity index is 877. The number of nitrogens with zero attached hydrogens (tertiary/aromatic N) is 1. The molecule has 0 N–H and O–H groups in total. The molecule has 0 amide bonds. The molecule has 0 bridgehead atoms. The number of hydrogen-bond acceptors (Lipinski definition) is 3. The van der Waals surface area contributed by atoms with Crippen molar-refractivity contribution in [2.45, 2.75) is 13.8 Å². The third-order valence-corrected chi connectivity index (χ3v) is 3.77. The van der Waals surface area contributed by atoms with Crippen LogP contribution in [0.4, 0.5) is 5.69 Å². The molecule has 3 heteroatoms. The zero-order chi connectivity index (χ0) is 17.6. The minimum absolute atomic E-state index is 0.377. The van der Waals surface area contributed by atoms with Crippen LogP contribution < -0.4 is 4.74 Å². The van der Waals surface area contributed by atoms with Crippen LogP contribution in [0.1, 0.15) is 27.0 Å². The second-order valence-corrected chi connectivity index (χ2v) is 5.92. The van der Waals surface area contributed by atoms with E-state index in [1.165, 1.54) is 5.56 Å². The van der Waals surface area contributed by atoms with Crippen LogP contribution in [-0.2, 0) is 0 Å². The van der Waals surface area contributed by atoms with Crippen molar-refractivity contribution in [1.82, 2.24) is 0 Å². The summed E-state index contributed by atoms with van der Waals surface area (Å²) in [5.74, 6) is 0.162. The van der Waals surface area contributed by atoms with Crippen LogP contribution in [0.25, 0.3) is 0 Å². The van der Waals surface area contributed by atoms with E-state index in [0.717, 1.165) is 16.8 Å². The second-order valence-electron chi connectivity index (χ2n) is 5.92. The number of benzene rings is 3. The average Bonchev–Trinajstić information content (AvgIpc) is 2.63. The van der Waals surface area contributed by atoms with Gasteiger partial charge < -0.3 is 4.74 Å². The van der Waals surface area contributed by atoms with E-state index in [4.69, 9.17) is 4.74 Å². The van der Waals surface area contributed by atoms with Crippen LogP contribution in [0.2, 0.25) is 0 Å². The highest BCUT2D eigenvalue weighted by Gasteiger charge is 2.08. The molecule has 0 fully saturated rings. The van der Waals surface area contributed by atoms with E-state index in [-0.39, 0.29) is 5.97 Å². The Balaban J connectivity index is 1.66. The van der Waals surface area contributed by atoms with Gasteiger partial charge in [-0.05, 0) is 55.8 Å². The SMILES string of the molecule is Cc1ccc(C=Nc2ccc(C(=O)Oc3ccc(C)cc3)cc2)cc1. The lowest BCUT2D eigenvalue weighted by atomic mass is 10.2. The fraction of sp³-hybridized carbons (Fsp3) is 0.0909. The summed E-state index contributed by atoms with van der Waals surface area (Å²) >= 11 is 0. The fourth-order valence-corrected chi connectivity index (χ4v) is 2.26. The van der Waals surface area contributed by atoms with Gasteiger partial charge in [0.1, 0.15) is 5.75 Å². The Morgan fingerprint density at radius 1 is 0.800 bits per heavy atom. The summed E-state index contributed by atoms with van der Waals surface area (Å²) in [5, 5.41) is 0. The van der Waals surface area contributed by atoms with Gasteiger partial charge in [-0.1, -0.05) is 47.5 Å². The van der Waals surface area contributed by atoms with E-state index in [9.17, 15) is 4.79 Å². The zero-order valence-electron chi connectivity index (χ0n) is 14.3. The van der Waals surface area contributed by atoms with Gasteiger partial charge in [-0.15, -0.1) is 0 Å². The molecule has 3 aromatic carbocycles. The van der Waals surface area contributed by atoms with Crippen LogP contribution in [0.5, 0.6) is 5.75 Å². The summed E-state index contributed by atoms with van der Waals surface area (Å²) < 4.78 is 5.36. The highest BCUT2D eigenvalue weighted by atomic mass is 16.5. The molecule has 0 spiro atoms. The van der Waals surface area contributed by atoms with Crippen molar-refractivity contribution in [3.8, 4) is 5.75 Å². The van der Waals surface area contributed by atoms with E-state index < -0.39 is 0 Å². The number of hydrogen-bond donors (Lipinski definition) is 0. The van der Waals surface area contributed by atoms with Gasteiger partial charge in [-0.2, -0.15) is 0 Å². The number of carbonyl (C=O) groups excluding carboxylic acids is 1. The van der Waals surface area contributed by atoms with Crippen molar-refractivity contribution in [3.05, 3.63) is 95.1 Å². The molecule has 0 heterocycles. The number of rotatable bonds is 4. The molecule has 3 rings (SSSR count). The summed E-state index contributed by atoms with van der Waals surface area (Å²) in [4.78, 5) is 16.6. The molecule has 0 saturated heterocycles. The van der Waals surface area contributed by atoms with Crippen molar-refractivity contribution in [2.75, 3.05) is 0 Å². The molecule has 0 atom stereocenters. The van der Waals surface area contributed by atoms with Gasteiger partial charge >= 0.3 is 5.97 Å². The fourth-order valence-electron chi connectivity index (χ4n) is 2.26. The molecule has 3 nitrogen and oxygen atoms in total. The van der Waals surface area contributed by atoms with E-state index >= 15 is 0 Å². The largest absolute Gasteiger partial charge is 0.423 e. The molecule has 0 aromatic heterocycles. The molecular formula is C22H19NO2. The number of aryl methyl sites for hydroxylation is 2. The highest BCUT2D eigenvalue weighted by Crippen LogP contribution is 2.17. The number of esters is 1. The van der Waals surface area contributed by atoms with Crippen molar-refractivity contribution in [3.63, 3.8) is 0 Å². The Morgan fingerprint density at radius 3 is 1.96 bits per heavy atom. The van der Waals surface area contributed by atoms with Crippen LogP contribution in [0.3, 0.4) is 0 Å². The summed E-state index contributed by atoms with van der Waals surface area (Å²) in [6, 6.07) is 22.6. The lowest BCUT2D eigenvalue weighted by molar-refractivity contribution is 0.0735. The van der Waals surface area contributed by atoms with E-state index in [0.29, 0.717) is 11.3 Å². The normalized spacial score (nSPS) is 10.8. The zero-order valence-corrected chi connectivity index (χ0v) is 14.3. The first-order chi connectivity index (χ1) is 12.1. The molecule has 25 heavy (non-hydrogen) atoms. The molecule has 0 unspecified atom stereocenters. The van der Waals surface area contributed by atoms with Crippen molar-refractivity contribution < 1.29 is 9.53 Å². The molecule has 0 aliphatic heterocycles. The van der Waals surface area contributed by atoms with Crippen molar-refractivity contribution in [2.24, 2.45) is 4.99 Å². The van der Waals surface area contributed by atoms with Gasteiger partial charge in [-0.3, -0.25) is 4.99 Å². The van der Waals surface area contributed by atoms with E-state index in [1.807, 2.05) is 43.3 Å². The molecule has 124 valence electrons. The third kappa shape index (κ3) is 4.64. The molecular weight excluding hydrogens is 310 g/mol. The molecule has 0 saturated carbocycles. The first-order valence-electron chi connectivity index (χ1n) is 8.10. The van der Waals surface area contributed by atoms with Crippen LogP contribution in [0, 0.1) is 13.8 Å². The molecule has 3 aromatic rings. The van der Waals surface area contributed by atoms with Gasteiger partial charge in [0.2, 0.25) is 0 Å². The van der Waals surface area contributed by atoms with Gasteiger partial charge in [0.15, 0.2) is 0 Å². The second kappa shape index (κ2) is 7.58. The van der Waals surface area contributed by atoms with Crippen LogP contribution in [0.15, 0.2) is 77.8 Å². The molecule has 0 radical (unpaired) electrons. The highest BCUT2D eigenvalue weighted by molar-refractivity contribution is 5.91. The van der Waals surface area contributed by atoms with Crippen molar-refractivity contribution in [1.29, 1.82) is 0 Å². The van der Waals surface area contributed by atoms with Crippen LogP contribution >= 0.6 is 0 Å². The molecule has 0 aliphatic rings. The summed E-state index contributed by atoms with van der Waals surface area (Å²) in [6.07, 6.45) is 1.80. The smallest absolute Gasteiger partial charge is 0.343 e. The summed E-state index contributed by atoms with van der Waals surface area (Å²) in [7, 11) is 0. The lowest BCUT2D eigenvalue weighted by Gasteiger charge is -2.05. The Kier molecular flexibility index (Phi) is 5.05. The predicted molar refractivity (Wildman–Crippen MR) is 101 cm³/mol. The maximum atomic E-state index is 12.2. The Morgan fingerprint density at radius 2 is 1.36 bits per heavy atom. The minimum atomic E-state index is -0.377. The predicted octanol–water partition coefficient (Wildman–Crippen LogP) is 5.27.